The van der Waals surface area contributed by atoms with Crippen molar-refractivity contribution < 1.29 is 4.42 Å². The molecule has 1 unspecified atom stereocenters. The smallest absolute Gasteiger partial charge is 0.197 e. The van der Waals surface area contributed by atoms with E-state index in [-0.39, 0.29) is 5.92 Å². The van der Waals surface area contributed by atoms with Gasteiger partial charge in [-0.15, -0.1) is 6.42 Å². The van der Waals surface area contributed by atoms with Gasteiger partial charge in [0, 0.05) is 12.6 Å². The highest BCUT2D eigenvalue weighted by atomic mass is 16.3. The zero-order chi connectivity index (χ0) is 13.9. The molecule has 0 aliphatic carbocycles. The molecular formula is C17H14N2O. The van der Waals surface area contributed by atoms with E-state index in [1.165, 1.54) is 0 Å². The van der Waals surface area contributed by atoms with Gasteiger partial charge in [0.2, 0.25) is 0 Å². The third kappa shape index (κ3) is 2.28. The Kier molecular flexibility index (Phi) is 3.22. The van der Waals surface area contributed by atoms with Crippen LogP contribution < -0.4 is 0 Å². The number of nitrogens with zero attached hydrogens (tertiary/aromatic N) is 2. The van der Waals surface area contributed by atoms with E-state index < -0.39 is 0 Å². The summed E-state index contributed by atoms with van der Waals surface area (Å²) in [6.45, 7) is 2.02. The molecule has 0 spiro atoms. The minimum atomic E-state index is -0.121. The van der Waals surface area contributed by atoms with E-state index in [4.69, 9.17) is 10.8 Å². The molecule has 1 atom stereocenters. The first-order chi connectivity index (χ1) is 9.78. The van der Waals surface area contributed by atoms with Crippen molar-refractivity contribution in [2.24, 2.45) is 0 Å². The molecular weight excluding hydrogens is 248 g/mol. The predicted octanol–water partition coefficient (Wildman–Crippen LogP) is 3.49. The normalized spacial score (nSPS) is 12.2. The lowest BCUT2D eigenvalue weighted by Gasteiger charge is -2.06. The molecule has 3 rings (SSSR count). The van der Waals surface area contributed by atoms with Gasteiger partial charge >= 0.3 is 0 Å². The first-order valence-electron chi connectivity index (χ1n) is 6.50. The van der Waals surface area contributed by atoms with Crippen molar-refractivity contribution in [3.8, 4) is 12.3 Å². The number of aromatic nitrogens is 2. The Morgan fingerprint density at radius 2 is 2.15 bits per heavy atom. The second-order valence-electron chi connectivity index (χ2n) is 4.71. The molecule has 0 saturated carbocycles. The number of hydrogen-bond donors (Lipinski definition) is 0. The summed E-state index contributed by atoms with van der Waals surface area (Å²) in [6.07, 6.45) is 7.92. The van der Waals surface area contributed by atoms with Crippen molar-refractivity contribution in [1.82, 2.24) is 9.97 Å². The Labute approximate surface area is 117 Å². The third-order valence-electron chi connectivity index (χ3n) is 3.29. The fraction of sp³-hybridized carbons (Fsp3) is 0.176. The van der Waals surface area contributed by atoms with E-state index in [1.54, 1.807) is 6.20 Å². The number of para-hydroxylation sites is 1. The van der Waals surface area contributed by atoms with Crippen LogP contribution in [0.25, 0.3) is 11.1 Å². The molecule has 0 amide bonds. The number of pyridine rings is 1. The number of benzene rings is 1. The van der Waals surface area contributed by atoms with Crippen molar-refractivity contribution in [2.75, 3.05) is 0 Å². The molecule has 2 heterocycles. The maximum absolute atomic E-state index is 5.77. The minimum absolute atomic E-state index is 0.121. The van der Waals surface area contributed by atoms with Crippen LogP contribution in [0.2, 0.25) is 0 Å². The van der Waals surface area contributed by atoms with Crippen LogP contribution in [-0.2, 0) is 6.42 Å². The lowest BCUT2D eigenvalue weighted by Crippen LogP contribution is -2.02. The van der Waals surface area contributed by atoms with Gasteiger partial charge < -0.3 is 4.42 Å². The van der Waals surface area contributed by atoms with Gasteiger partial charge in [-0.3, -0.25) is 4.98 Å². The molecule has 0 N–H and O–H groups in total. The zero-order valence-electron chi connectivity index (χ0n) is 11.2. The first-order valence-corrected chi connectivity index (χ1v) is 6.50. The average Bonchev–Trinajstić information content (AvgIpc) is 2.90. The summed E-state index contributed by atoms with van der Waals surface area (Å²) >= 11 is 0. The molecule has 3 heteroatoms. The van der Waals surface area contributed by atoms with E-state index in [1.807, 2.05) is 43.3 Å². The van der Waals surface area contributed by atoms with Crippen LogP contribution in [0.4, 0.5) is 0 Å². The standard InChI is InChI=1S/C17H14N2O/c1-3-13(14-8-4-5-10-18-14)11-16-19-17-12(2)7-6-9-15(17)20-16/h1,4-10,13H,11H2,2H3. The molecule has 0 aliphatic heterocycles. The second-order valence-corrected chi connectivity index (χ2v) is 4.71. The Morgan fingerprint density at radius 3 is 2.85 bits per heavy atom. The van der Waals surface area contributed by atoms with Gasteiger partial charge in [-0.05, 0) is 30.7 Å². The van der Waals surface area contributed by atoms with Crippen LogP contribution in [0.15, 0.2) is 47.0 Å². The van der Waals surface area contributed by atoms with Gasteiger partial charge in [0.1, 0.15) is 5.52 Å². The maximum Gasteiger partial charge on any atom is 0.197 e. The molecule has 0 bridgehead atoms. The molecule has 3 aromatic rings. The fourth-order valence-electron chi connectivity index (χ4n) is 2.23. The van der Waals surface area contributed by atoms with Gasteiger partial charge in [0.25, 0.3) is 0 Å². The summed E-state index contributed by atoms with van der Waals surface area (Å²) in [5.41, 5.74) is 3.68. The Bertz CT molecular complexity index is 769. The number of hydrogen-bond acceptors (Lipinski definition) is 3. The summed E-state index contributed by atoms with van der Waals surface area (Å²) in [5.74, 6) is 3.30. The summed E-state index contributed by atoms with van der Waals surface area (Å²) in [7, 11) is 0. The quantitative estimate of drug-likeness (QED) is 0.678. The zero-order valence-corrected chi connectivity index (χ0v) is 11.2. The molecule has 2 aromatic heterocycles. The topological polar surface area (TPSA) is 38.9 Å². The Balaban J connectivity index is 1.92. The number of oxazole rings is 1. The lowest BCUT2D eigenvalue weighted by atomic mass is 10.0. The van der Waals surface area contributed by atoms with Crippen LogP contribution >= 0.6 is 0 Å². The highest BCUT2D eigenvalue weighted by Crippen LogP contribution is 2.23. The van der Waals surface area contributed by atoms with Gasteiger partial charge in [0.15, 0.2) is 11.5 Å². The van der Waals surface area contributed by atoms with Crippen molar-refractivity contribution in [2.45, 2.75) is 19.3 Å². The number of fused-ring (bicyclic) bond motifs is 1. The first kappa shape index (κ1) is 12.4. The van der Waals surface area contributed by atoms with Crippen molar-refractivity contribution in [3.05, 3.63) is 59.7 Å². The molecule has 0 fully saturated rings. The third-order valence-corrected chi connectivity index (χ3v) is 3.29. The molecule has 0 aliphatic rings. The van der Waals surface area contributed by atoms with Crippen molar-refractivity contribution in [3.63, 3.8) is 0 Å². The number of rotatable bonds is 3. The van der Waals surface area contributed by atoms with E-state index >= 15 is 0 Å². The van der Waals surface area contributed by atoms with Gasteiger partial charge in [-0.1, -0.05) is 24.1 Å². The molecule has 3 nitrogen and oxygen atoms in total. The molecule has 0 radical (unpaired) electrons. The Hall–Kier alpha value is -2.60. The highest BCUT2D eigenvalue weighted by molar-refractivity contribution is 5.76. The van der Waals surface area contributed by atoms with Crippen LogP contribution in [0, 0.1) is 19.3 Å². The predicted molar refractivity (Wildman–Crippen MR) is 78.3 cm³/mol. The van der Waals surface area contributed by atoms with Crippen LogP contribution in [0.5, 0.6) is 0 Å². The lowest BCUT2D eigenvalue weighted by molar-refractivity contribution is 0.518. The van der Waals surface area contributed by atoms with E-state index in [9.17, 15) is 0 Å². The molecule has 98 valence electrons. The van der Waals surface area contributed by atoms with Crippen molar-refractivity contribution in [1.29, 1.82) is 0 Å². The number of aryl methyl sites for hydroxylation is 1. The SMILES string of the molecule is C#CC(Cc1nc2c(C)cccc2o1)c1ccccn1. The molecule has 1 aromatic carbocycles. The minimum Gasteiger partial charge on any atom is -0.441 e. The van der Waals surface area contributed by atoms with E-state index in [0.29, 0.717) is 12.3 Å². The van der Waals surface area contributed by atoms with Crippen LogP contribution in [0.3, 0.4) is 0 Å². The highest BCUT2D eigenvalue weighted by Gasteiger charge is 2.15. The molecule has 0 saturated heterocycles. The van der Waals surface area contributed by atoms with Gasteiger partial charge in [-0.25, -0.2) is 4.98 Å². The number of terminal acetylenes is 1. The monoisotopic (exact) mass is 262 g/mol. The van der Waals surface area contributed by atoms with Gasteiger partial charge in [-0.2, -0.15) is 0 Å². The Morgan fingerprint density at radius 1 is 1.25 bits per heavy atom. The fourth-order valence-corrected chi connectivity index (χ4v) is 2.23. The van der Waals surface area contributed by atoms with Gasteiger partial charge in [0.05, 0.1) is 11.6 Å². The second kappa shape index (κ2) is 5.18. The average molecular weight is 262 g/mol. The van der Waals surface area contributed by atoms with Crippen LogP contribution in [0.1, 0.15) is 23.1 Å². The van der Waals surface area contributed by atoms with Crippen molar-refractivity contribution >= 4 is 11.1 Å². The van der Waals surface area contributed by atoms with E-state index in [0.717, 1.165) is 22.4 Å². The van der Waals surface area contributed by atoms with E-state index in [2.05, 4.69) is 15.9 Å². The maximum atomic E-state index is 5.77. The summed E-state index contributed by atoms with van der Waals surface area (Å²) in [5, 5.41) is 0. The van der Waals surface area contributed by atoms with Crippen LogP contribution in [-0.4, -0.2) is 9.97 Å². The summed E-state index contributed by atoms with van der Waals surface area (Å²) in [4.78, 5) is 8.84. The summed E-state index contributed by atoms with van der Waals surface area (Å²) < 4.78 is 5.77. The summed E-state index contributed by atoms with van der Waals surface area (Å²) in [6, 6.07) is 11.6. The molecule has 20 heavy (non-hydrogen) atoms. The largest absolute Gasteiger partial charge is 0.441 e.